The lowest BCUT2D eigenvalue weighted by Gasteiger charge is -2.17. The van der Waals surface area contributed by atoms with Gasteiger partial charge in [-0.3, -0.25) is 14.6 Å². The van der Waals surface area contributed by atoms with Crippen LogP contribution >= 0.6 is 11.3 Å². The summed E-state index contributed by atoms with van der Waals surface area (Å²) < 4.78 is 1.64. The van der Waals surface area contributed by atoms with E-state index in [0.29, 0.717) is 19.5 Å². The molecule has 0 atom stereocenters. The SMILES string of the molecule is Cc1csc(=O)n1CCC(=O)N(C)Cc1cccnc1. The van der Waals surface area contributed by atoms with Crippen LogP contribution in [0.2, 0.25) is 0 Å². The van der Waals surface area contributed by atoms with Crippen molar-refractivity contribution in [3.05, 3.63) is 50.8 Å². The second kappa shape index (κ2) is 6.47. The summed E-state index contributed by atoms with van der Waals surface area (Å²) in [5.74, 6) is 0.0198. The maximum absolute atomic E-state index is 12.1. The maximum atomic E-state index is 12.1. The van der Waals surface area contributed by atoms with Gasteiger partial charge < -0.3 is 9.47 Å². The van der Waals surface area contributed by atoms with Crippen molar-refractivity contribution in [3.8, 4) is 0 Å². The van der Waals surface area contributed by atoms with Crippen LogP contribution in [0.3, 0.4) is 0 Å². The summed E-state index contributed by atoms with van der Waals surface area (Å²) in [5.41, 5.74) is 1.90. The summed E-state index contributed by atoms with van der Waals surface area (Å²) in [6.45, 7) is 2.84. The van der Waals surface area contributed by atoms with Crippen LogP contribution in [0.15, 0.2) is 34.7 Å². The van der Waals surface area contributed by atoms with Gasteiger partial charge in [-0.1, -0.05) is 17.4 Å². The number of aryl methyl sites for hydroxylation is 1. The van der Waals surface area contributed by atoms with Crippen LogP contribution in [-0.2, 0) is 17.9 Å². The predicted octanol–water partition coefficient (Wildman–Crippen LogP) is 1.66. The molecular formula is C14H17N3O2S. The monoisotopic (exact) mass is 291 g/mol. The number of hydrogen-bond donors (Lipinski definition) is 0. The summed E-state index contributed by atoms with van der Waals surface area (Å²) in [6.07, 6.45) is 3.78. The molecule has 0 radical (unpaired) electrons. The van der Waals surface area contributed by atoms with Gasteiger partial charge in [0.15, 0.2) is 0 Å². The zero-order chi connectivity index (χ0) is 14.5. The summed E-state index contributed by atoms with van der Waals surface area (Å²) >= 11 is 1.17. The van der Waals surface area contributed by atoms with Crippen molar-refractivity contribution < 1.29 is 4.79 Å². The molecule has 106 valence electrons. The molecule has 1 amide bonds. The summed E-state index contributed by atoms with van der Waals surface area (Å²) in [4.78, 5) is 29.3. The molecule has 5 nitrogen and oxygen atoms in total. The molecular weight excluding hydrogens is 274 g/mol. The third-order valence-corrected chi connectivity index (χ3v) is 3.97. The zero-order valence-corrected chi connectivity index (χ0v) is 12.4. The third kappa shape index (κ3) is 3.54. The van der Waals surface area contributed by atoms with Crippen molar-refractivity contribution in [3.63, 3.8) is 0 Å². The second-order valence-electron chi connectivity index (χ2n) is 4.66. The molecule has 2 heterocycles. The van der Waals surface area contributed by atoms with Crippen LogP contribution in [0.5, 0.6) is 0 Å². The lowest BCUT2D eigenvalue weighted by molar-refractivity contribution is -0.130. The van der Waals surface area contributed by atoms with E-state index >= 15 is 0 Å². The normalized spacial score (nSPS) is 10.5. The molecule has 0 aliphatic carbocycles. The second-order valence-corrected chi connectivity index (χ2v) is 5.48. The Balaban J connectivity index is 1.90. The first kappa shape index (κ1) is 14.5. The molecule has 0 unspecified atom stereocenters. The van der Waals surface area contributed by atoms with Crippen molar-refractivity contribution in [2.24, 2.45) is 0 Å². The van der Waals surface area contributed by atoms with Gasteiger partial charge in [-0.15, -0.1) is 0 Å². The molecule has 2 aromatic heterocycles. The number of nitrogens with zero attached hydrogens (tertiary/aromatic N) is 3. The van der Waals surface area contributed by atoms with Gasteiger partial charge in [0, 0.05) is 50.0 Å². The molecule has 0 bridgehead atoms. The molecule has 0 aromatic carbocycles. The van der Waals surface area contributed by atoms with Gasteiger partial charge in [0.05, 0.1) is 0 Å². The predicted molar refractivity (Wildman–Crippen MR) is 78.6 cm³/mol. The highest BCUT2D eigenvalue weighted by Crippen LogP contribution is 2.05. The highest BCUT2D eigenvalue weighted by molar-refractivity contribution is 7.07. The number of aromatic nitrogens is 2. The van der Waals surface area contributed by atoms with Gasteiger partial charge in [-0.2, -0.15) is 0 Å². The Hall–Kier alpha value is -1.95. The van der Waals surface area contributed by atoms with Crippen LogP contribution in [-0.4, -0.2) is 27.4 Å². The Labute approximate surface area is 121 Å². The molecule has 0 aliphatic rings. The first-order chi connectivity index (χ1) is 9.58. The number of pyridine rings is 1. The average molecular weight is 291 g/mol. The van der Waals surface area contributed by atoms with E-state index in [9.17, 15) is 9.59 Å². The van der Waals surface area contributed by atoms with E-state index in [2.05, 4.69) is 4.98 Å². The van der Waals surface area contributed by atoms with Gasteiger partial charge in [0.25, 0.3) is 0 Å². The van der Waals surface area contributed by atoms with E-state index in [1.54, 1.807) is 28.9 Å². The Morgan fingerprint density at radius 3 is 2.90 bits per heavy atom. The van der Waals surface area contributed by atoms with Gasteiger partial charge in [0.2, 0.25) is 5.91 Å². The zero-order valence-electron chi connectivity index (χ0n) is 11.6. The maximum Gasteiger partial charge on any atom is 0.307 e. The summed E-state index contributed by atoms with van der Waals surface area (Å²) in [5, 5.41) is 1.81. The molecule has 0 saturated heterocycles. The van der Waals surface area contributed by atoms with E-state index in [0.717, 1.165) is 11.3 Å². The smallest absolute Gasteiger partial charge is 0.307 e. The Morgan fingerprint density at radius 2 is 2.30 bits per heavy atom. The molecule has 6 heteroatoms. The number of rotatable bonds is 5. The van der Waals surface area contributed by atoms with Crippen molar-refractivity contribution >= 4 is 17.2 Å². The topological polar surface area (TPSA) is 55.2 Å². The summed E-state index contributed by atoms with van der Waals surface area (Å²) in [7, 11) is 1.76. The fraction of sp³-hybridized carbons (Fsp3) is 0.357. The van der Waals surface area contributed by atoms with E-state index in [4.69, 9.17) is 0 Å². The number of carbonyl (C=O) groups excluding carboxylic acids is 1. The van der Waals surface area contributed by atoms with Gasteiger partial charge in [-0.25, -0.2) is 0 Å². The Morgan fingerprint density at radius 1 is 1.50 bits per heavy atom. The van der Waals surface area contributed by atoms with Crippen molar-refractivity contribution in [2.75, 3.05) is 7.05 Å². The number of thiazole rings is 1. The quantitative estimate of drug-likeness (QED) is 0.842. The van der Waals surface area contributed by atoms with Crippen LogP contribution < -0.4 is 4.87 Å². The van der Waals surface area contributed by atoms with Crippen molar-refractivity contribution in [1.29, 1.82) is 0 Å². The Kier molecular flexibility index (Phi) is 4.68. The Bertz CT molecular complexity index is 633. The van der Waals surface area contributed by atoms with E-state index in [1.165, 1.54) is 11.3 Å². The molecule has 0 aliphatic heterocycles. The molecule has 0 fully saturated rings. The fourth-order valence-electron chi connectivity index (χ4n) is 1.93. The highest BCUT2D eigenvalue weighted by atomic mass is 32.1. The van der Waals surface area contributed by atoms with E-state index < -0.39 is 0 Å². The minimum Gasteiger partial charge on any atom is -0.341 e. The van der Waals surface area contributed by atoms with E-state index in [1.807, 2.05) is 24.4 Å². The first-order valence-corrected chi connectivity index (χ1v) is 7.23. The van der Waals surface area contributed by atoms with Gasteiger partial charge in [0.1, 0.15) is 0 Å². The number of carbonyl (C=O) groups is 1. The standard InChI is InChI=1S/C14H17N3O2S/c1-11-10-20-14(19)17(11)7-5-13(18)16(2)9-12-4-3-6-15-8-12/h3-4,6,8,10H,5,7,9H2,1-2H3. The van der Waals surface area contributed by atoms with Crippen molar-refractivity contribution in [1.82, 2.24) is 14.5 Å². The van der Waals surface area contributed by atoms with Crippen molar-refractivity contribution in [2.45, 2.75) is 26.4 Å². The minimum atomic E-state index is -0.00906. The molecule has 20 heavy (non-hydrogen) atoms. The molecule has 0 spiro atoms. The van der Waals surface area contributed by atoms with Gasteiger partial charge in [-0.05, 0) is 18.6 Å². The number of amides is 1. The largest absolute Gasteiger partial charge is 0.341 e. The molecule has 2 rings (SSSR count). The first-order valence-electron chi connectivity index (χ1n) is 6.35. The third-order valence-electron chi connectivity index (χ3n) is 3.09. The fourth-order valence-corrected chi connectivity index (χ4v) is 2.69. The van der Waals surface area contributed by atoms with Crippen LogP contribution in [0.1, 0.15) is 17.7 Å². The highest BCUT2D eigenvalue weighted by Gasteiger charge is 2.11. The number of hydrogen-bond acceptors (Lipinski definition) is 4. The lowest BCUT2D eigenvalue weighted by Crippen LogP contribution is -2.28. The van der Waals surface area contributed by atoms with Gasteiger partial charge >= 0.3 is 4.87 Å². The van der Waals surface area contributed by atoms with Crippen LogP contribution in [0.25, 0.3) is 0 Å². The average Bonchev–Trinajstić information content (AvgIpc) is 2.76. The molecule has 2 aromatic rings. The minimum absolute atomic E-state index is 0.00906. The summed E-state index contributed by atoms with van der Waals surface area (Å²) in [6, 6.07) is 3.78. The van der Waals surface area contributed by atoms with Crippen LogP contribution in [0, 0.1) is 6.92 Å². The molecule has 0 saturated carbocycles. The molecule has 0 N–H and O–H groups in total. The lowest BCUT2D eigenvalue weighted by atomic mass is 10.2. The van der Waals surface area contributed by atoms with E-state index in [-0.39, 0.29) is 10.8 Å². The van der Waals surface area contributed by atoms with Crippen LogP contribution in [0.4, 0.5) is 0 Å².